The summed E-state index contributed by atoms with van der Waals surface area (Å²) in [6.07, 6.45) is 5.30. The molecule has 0 spiro atoms. The van der Waals surface area contributed by atoms with E-state index in [2.05, 4.69) is 49.8 Å². The number of aryl methyl sites for hydroxylation is 1. The van der Waals surface area contributed by atoms with E-state index in [1.165, 1.54) is 19.9 Å². The predicted molar refractivity (Wildman–Crippen MR) is 138 cm³/mol. The van der Waals surface area contributed by atoms with Crippen LogP contribution in [0.2, 0.25) is 0 Å². The number of piperidine rings is 1. The van der Waals surface area contributed by atoms with Crippen molar-refractivity contribution in [1.29, 1.82) is 0 Å². The van der Waals surface area contributed by atoms with Gasteiger partial charge in [-0.25, -0.2) is 14.2 Å². The number of fused-ring (bicyclic) bond motifs is 1. The highest BCUT2D eigenvalue weighted by Gasteiger charge is 2.43. The van der Waals surface area contributed by atoms with Crippen LogP contribution >= 0.6 is 0 Å². The molecule has 12 nitrogen and oxygen atoms in total. The van der Waals surface area contributed by atoms with Crippen molar-refractivity contribution in [3.05, 3.63) is 40.7 Å². The van der Waals surface area contributed by atoms with Gasteiger partial charge in [0.15, 0.2) is 11.6 Å². The quantitative estimate of drug-likeness (QED) is 0.475. The van der Waals surface area contributed by atoms with Crippen LogP contribution in [0.1, 0.15) is 39.5 Å². The number of nitrogens with one attached hydrogen (secondary N) is 2. The van der Waals surface area contributed by atoms with Crippen LogP contribution in [0.4, 0.5) is 21.8 Å². The zero-order valence-electron chi connectivity index (χ0n) is 21.7. The van der Waals surface area contributed by atoms with Gasteiger partial charge in [-0.1, -0.05) is 0 Å². The highest BCUT2D eigenvalue weighted by atomic mass is 19.1. The molecule has 38 heavy (non-hydrogen) atoms. The van der Waals surface area contributed by atoms with Crippen molar-refractivity contribution in [2.24, 2.45) is 7.05 Å². The summed E-state index contributed by atoms with van der Waals surface area (Å²) >= 11 is 0. The first-order valence-electron chi connectivity index (χ1n) is 13.0. The predicted octanol–water partition coefficient (Wildman–Crippen LogP) is 2.23. The lowest BCUT2D eigenvalue weighted by Crippen LogP contribution is -2.55. The molecule has 13 heteroatoms. The third-order valence-electron chi connectivity index (χ3n) is 7.61. The Morgan fingerprint density at radius 2 is 2.08 bits per heavy atom. The number of halogens is 1. The van der Waals surface area contributed by atoms with E-state index in [0.29, 0.717) is 36.4 Å². The molecule has 5 heterocycles. The summed E-state index contributed by atoms with van der Waals surface area (Å²) < 4.78 is 28.2. The van der Waals surface area contributed by atoms with Gasteiger partial charge in [0.05, 0.1) is 19.4 Å². The number of nitrogens with zero attached hydrogens (tertiary/aromatic N) is 7. The summed E-state index contributed by atoms with van der Waals surface area (Å²) in [7, 11) is 1.52. The monoisotopic (exact) mass is 525 g/mol. The zero-order valence-corrected chi connectivity index (χ0v) is 21.7. The van der Waals surface area contributed by atoms with Crippen molar-refractivity contribution in [2.45, 2.75) is 63.3 Å². The lowest BCUT2D eigenvalue weighted by molar-refractivity contribution is -0.0797. The molecule has 1 aromatic carbocycles. The van der Waals surface area contributed by atoms with Crippen LogP contribution in [0, 0.1) is 5.82 Å². The molecule has 0 bridgehead atoms. The van der Waals surface area contributed by atoms with Crippen LogP contribution in [-0.4, -0.2) is 78.1 Å². The van der Waals surface area contributed by atoms with Gasteiger partial charge in [-0.2, -0.15) is 14.3 Å². The fourth-order valence-electron chi connectivity index (χ4n) is 5.76. The van der Waals surface area contributed by atoms with Crippen molar-refractivity contribution in [2.75, 3.05) is 30.4 Å². The third-order valence-corrected chi connectivity index (χ3v) is 7.61. The molecule has 2 unspecified atom stereocenters. The average molecular weight is 526 g/mol. The van der Waals surface area contributed by atoms with E-state index in [0.717, 1.165) is 34.9 Å². The van der Waals surface area contributed by atoms with Gasteiger partial charge in [0.2, 0.25) is 5.95 Å². The van der Waals surface area contributed by atoms with E-state index >= 15 is 0 Å². The van der Waals surface area contributed by atoms with E-state index in [9.17, 15) is 9.18 Å². The van der Waals surface area contributed by atoms with E-state index in [4.69, 9.17) is 9.47 Å². The number of anilines is 3. The largest absolute Gasteiger partial charge is 0.483 e. The summed E-state index contributed by atoms with van der Waals surface area (Å²) in [6.45, 7) is 6.60. The molecule has 0 amide bonds. The van der Waals surface area contributed by atoms with Gasteiger partial charge < -0.3 is 20.1 Å². The minimum atomic E-state index is -0.500. The fourth-order valence-corrected chi connectivity index (χ4v) is 5.76. The molecule has 0 saturated carbocycles. The maximum Gasteiger partial charge on any atom is 0.368 e. The average Bonchev–Trinajstić information content (AvgIpc) is 3.46. The lowest BCUT2D eigenvalue weighted by Gasteiger charge is -2.47. The molecule has 3 aliphatic rings. The Balaban J connectivity index is 1.24. The number of aromatic nitrogens is 6. The molecular weight excluding hydrogens is 493 g/mol. The van der Waals surface area contributed by atoms with Crippen LogP contribution in [0.3, 0.4) is 0 Å². The molecule has 3 aliphatic heterocycles. The third kappa shape index (κ3) is 4.71. The zero-order chi connectivity index (χ0) is 26.4. The first-order chi connectivity index (χ1) is 18.3. The van der Waals surface area contributed by atoms with Gasteiger partial charge in [0.1, 0.15) is 17.5 Å². The van der Waals surface area contributed by atoms with Crippen LogP contribution < -0.4 is 21.1 Å². The second-order valence-corrected chi connectivity index (χ2v) is 10.9. The van der Waals surface area contributed by atoms with E-state index in [1.807, 2.05) is 0 Å². The van der Waals surface area contributed by atoms with Crippen molar-refractivity contribution in [3.8, 4) is 11.4 Å². The van der Waals surface area contributed by atoms with Gasteiger partial charge in [-0.05, 0) is 74.7 Å². The van der Waals surface area contributed by atoms with E-state index in [1.54, 1.807) is 18.2 Å². The fraction of sp³-hybridized carbons (Fsp3) is 0.560. The van der Waals surface area contributed by atoms with Gasteiger partial charge in [0.25, 0.3) is 0 Å². The summed E-state index contributed by atoms with van der Waals surface area (Å²) in [5.74, 6) is 0.366. The number of benzene rings is 1. The second-order valence-electron chi connectivity index (χ2n) is 10.9. The molecule has 2 aromatic heterocycles. The lowest BCUT2D eigenvalue weighted by atomic mass is 9.84. The summed E-state index contributed by atoms with van der Waals surface area (Å²) in [6, 6.07) is 5.83. The van der Waals surface area contributed by atoms with Crippen molar-refractivity contribution >= 4 is 17.5 Å². The summed E-state index contributed by atoms with van der Waals surface area (Å²) in [5, 5.41) is 14.2. The van der Waals surface area contributed by atoms with Crippen molar-refractivity contribution in [3.63, 3.8) is 0 Å². The summed E-state index contributed by atoms with van der Waals surface area (Å²) in [4.78, 5) is 23.7. The maximum atomic E-state index is 14.8. The Hall–Kier alpha value is -3.58. The molecule has 3 fully saturated rings. The number of ether oxygens (including phenoxy) is 2. The van der Waals surface area contributed by atoms with Crippen LogP contribution in [0.5, 0.6) is 5.75 Å². The van der Waals surface area contributed by atoms with E-state index < -0.39 is 11.5 Å². The minimum Gasteiger partial charge on any atom is -0.483 e. The summed E-state index contributed by atoms with van der Waals surface area (Å²) in [5.41, 5.74) is 0.614. The molecule has 3 saturated heterocycles. The van der Waals surface area contributed by atoms with Gasteiger partial charge in [-0.3, -0.25) is 4.90 Å². The van der Waals surface area contributed by atoms with Gasteiger partial charge in [-0.15, -0.1) is 0 Å². The molecule has 6 rings (SSSR count). The standard InChI is InChI=1S/C25H32FN9O3/c1-25(2)11-16(9-17-5-4-8-34(17)25)28-22-19(26)12-27-23(30-22)29-15-6-7-21(38-18-13-37-14-18)20(10-15)35-24(36)33(3)31-32-35/h6-7,10,12,16-18H,4-5,8-9,11,13-14H2,1-3H3,(H2,27,28,29,30). The molecular formula is C25H32FN9O3. The Bertz CT molecular complexity index is 1390. The van der Waals surface area contributed by atoms with Gasteiger partial charge in [0, 0.05) is 30.4 Å². The van der Waals surface area contributed by atoms with Crippen LogP contribution in [0.25, 0.3) is 5.69 Å². The Morgan fingerprint density at radius 1 is 1.24 bits per heavy atom. The maximum absolute atomic E-state index is 14.8. The number of rotatable bonds is 7. The molecule has 0 radical (unpaired) electrons. The normalized spacial score (nSPS) is 23.1. The molecule has 0 aliphatic carbocycles. The van der Waals surface area contributed by atoms with Crippen LogP contribution in [-0.2, 0) is 11.8 Å². The molecule has 2 N–H and O–H groups in total. The Kier molecular flexibility index (Phi) is 6.26. The van der Waals surface area contributed by atoms with E-state index in [-0.39, 0.29) is 29.5 Å². The topological polar surface area (TPSA) is 124 Å². The van der Waals surface area contributed by atoms with Gasteiger partial charge >= 0.3 is 5.69 Å². The Labute approximate surface area is 219 Å². The molecule has 202 valence electrons. The smallest absolute Gasteiger partial charge is 0.368 e. The molecule has 3 aromatic rings. The number of hydrogen-bond donors (Lipinski definition) is 2. The highest BCUT2D eigenvalue weighted by molar-refractivity contribution is 5.62. The molecule has 2 atom stereocenters. The number of hydrogen-bond acceptors (Lipinski definition) is 10. The van der Waals surface area contributed by atoms with Crippen molar-refractivity contribution < 1.29 is 13.9 Å². The van der Waals surface area contributed by atoms with Crippen molar-refractivity contribution in [1.82, 2.24) is 34.7 Å². The highest BCUT2D eigenvalue weighted by Crippen LogP contribution is 2.38. The van der Waals surface area contributed by atoms with Crippen LogP contribution in [0.15, 0.2) is 29.2 Å². The second kappa shape index (κ2) is 9.62. The first kappa shape index (κ1) is 24.7. The minimum absolute atomic E-state index is 0.0475. The SMILES string of the molecule is Cn1nnn(-c2cc(Nc3ncc(F)c(NC4CC5CCCN5C(C)(C)C4)n3)ccc2OC2COC2)c1=O. The first-order valence-corrected chi connectivity index (χ1v) is 13.0. The number of tetrazole rings is 1. The Morgan fingerprint density at radius 3 is 2.82 bits per heavy atom.